The predicted molar refractivity (Wildman–Crippen MR) is 68.9 cm³/mol. The van der Waals surface area contributed by atoms with Gasteiger partial charge in [0.1, 0.15) is 5.75 Å². The molecule has 0 N–H and O–H groups in total. The molecule has 0 unspecified atom stereocenters. The third kappa shape index (κ3) is 2.06. The Morgan fingerprint density at radius 3 is 2.72 bits per heavy atom. The molecule has 0 amide bonds. The molecule has 18 heavy (non-hydrogen) atoms. The highest BCUT2D eigenvalue weighted by Crippen LogP contribution is 2.36. The first-order valence-corrected chi connectivity index (χ1v) is 6.46. The zero-order valence-electron chi connectivity index (χ0n) is 9.95. The maximum absolute atomic E-state index is 11.8. The lowest BCUT2D eigenvalue weighted by Crippen LogP contribution is -2.36. The number of hydrogen-bond donors (Lipinski definition) is 0. The highest BCUT2D eigenvalue weighted by Gasteiger charge is 2.23. The molecule has 0 bridgehead atoms. The summed E-state index contributed by atoms with van der Waals surface area (Å²) in [6.45, 7) is 3.48. The molecule has 1 aromatic rings. The molecule has 1 saturated heterocycles. The third-order valence-electron chi connectivity index (χ3n) is 3.29. The van der Waals surface area contributed by atoms with Crippen LogP contribution in [0.15, 0.2) is 12.1 Å². The molecule has 4 nitrogen and oxygen atoms in total. The van der Waals surface area contributed by atoms with Crippen molar-refractivity contribution in [3.05, 3.63) is 22.7 Å². The van der Waals surface area contributed by atoms with E-state index in [2.05, 4.69) is 4.90 Å². The van der Waals surface area contributed by atoms with Crippen molar-refractivity contribution in [2.24, 2.45) is 0 Å². The summed E-state index contributed by atoms with van der Waals surface area (Å²) in [5.74, 6) is 0.754. The number of anilines is 1. The van der Waals surface area contributed by atoms with Crippen molar-refractivity contribution in [1.29, 1.82) is 0 Å². The molecule has 2 aliphatic heterocycles. The average Bonchev–Trinajstić information content (AvgIpc) is 2.40. The van der Waals surface area contributed by atoms with Crippen LogP contribution in [0.1, 0.15) is 16.8 Å². The number of fused-ring (bicyclic) bond motifs is 1. The minimum absolute atomic E-state index is 0.103. The summed E-state index contributed by atoms with van der Waals surface area (Å²) < 4.78 is 10.9. The number of ether oxygens (including phenoxy) is 2. The van der Waals surface area contributed by atoms with E-state index in [1.165, 1.54) is 0 Å². The first kappa shape index (κ1) is 11.8. The van der Waals surface area contributed by atoms with Crippen molar-refractivity contribution in [2.75, 3.05) is 37.8 Å². The fraction of sp³-hybridized carbons (Fsp3) is 0.462. The van der Waals surface area contributed by atoms with E-state index in [0.29, 0.717) is 42.6 Å². The number of carbonyl (C=O) groups is 1. The van der Waals surface area contributed by atoms with E-state index in [0.717, 1.165) is 18.8 Å². The molecule has 0 aliphatic carbocycles. The largest absolute Gasteiger partial charge is 0.492 e. The number of carbonyl (C=O) groups excluding carboxylic acids is 1. The Morgan fingerprint density at radius 1 is 1.17 bits per heavy atom. The fourth-order valence-corrected chi connectivity index (χ4v) is 2.60. The van der Waals surface area contributed by atoms with Gasteiger partial charge in [-0.25, -0.2) is 0 Å². The van der Waals surface area contributed by atoms with E-state index in [1.807, 2.05) is 6.07 Å². The number of hydrogen-bond acceptors (Lipinski definition) is 4. The van der Waals surface area contributed by atoms with Crippen molar-refractivity contribution in [1.82, 2.24) is 0 Å². The van der Waals surface area contributed by atoms with Gasteiger partial charge in [-0.1, -0.05) is 11.6 Å². The van der Waals surface area contributed by atoms with Gasteiger partial charge in [-0.3, -0.25) is 4.79 Å². The van der Waals surface area contributed by atoms with E-state index < -0.39 is 0 Å². The molecule has 5 heteroatoms. The van der Waals surface area contributed by atoms with Gasteiger partial charge < -0.3 is 14.4 Å². The van der Waals surface area contributed by atoms with Gasteiger partial charge in [-0.05, 0) is 6.07 Å². The van der Waals surface area contributed by atoms with Crippen LogP contribution >= 0.6 is 11.6 Å². The standard InChI is InChI=1S/C13H14ClNO3/c14-10-7-9-12(16)1-4-18-13(9)8-11(10)15-2-5-17-6-3-15/h7-8H,1-6H2. The van der Waals surface area contributed by atoms with Gasteiger partial charge in [0.25, 0.3) is 0 Å². The second-order valence-corrected chi connectivity index (χ2v) is 4.83. The Balaban J connectivity index is 1.98. The van der Waals surface area contributed by atoms with Gasteiger partial charge in [-0.15, -0.1) is 0 Å². The Labute approximate surface area is 110 Å². The van der Waals surface area contributed by atoms with Gasteiger partial charge in [-0.2, -0.15) is 0 Å². The van der Waals surface area contributed by atoms with Gasteiger partial charge in [0, 0.05) is 25.6 Å². The minimum atomic E-state index is 0.103. The predicted octanol–water partition coefficient (Wildman–Crippen LogP) is 2.14. The molecular weight excluding hydrogens is 254 g/mol. The molecule has 1 fully saturated rings. The summed E-state index contributed by atoms with van der Waals surface area (Å²) in [7, 11) is 0. The number of morpholine rings is 1. The second-order valence-electron chi connectivity index (χ2n) is 4.42. The van der Waals surface area contributed by atoms with Crippen LogP contribution in [-0.4, -0.2) is 38.7 Å². The van der Waals surface area contributed by atoms with Crippen LogP contribution in [0, 0.1) is 0 Å². The number of halogens is 1. The average molecular weight is 268 g/mol. The molecule has 2 aliphatic rings. The lowest BCUT2D eigenvalue weighted by Gasteiger charge is -2.30. The highest BCUT2D eigenvalue weighted by molar-refractivity contribution is 6.33. The number of Topliss-reactive ketones (excluding diaryl/α,β-unsaturated/α-hetero) is 1. The Morgan fingerprint density at radius 2 is 1.94 bits per heavy atom. The molecule has 96 valence electrons. The summed E-state index contributed by atoms with van der Waals surface area (Å²) in [5.41, 5.74) is 1.52. The van der Waals surface area contributed by atoms with E-state index in [-0.39, 0.29) is 5.78 Å². The molecule has 0 aromatic heterocycles. The number of nitrogens with zero attached hydrogens (tertiary/aromatic N) is 1. The summed E-state index contributed by atoms with van der Waals surface area (Å²) in [6, 6.07) is 3.60. The van der Waals surface area contributed by atoms with Crippen LogP contribution in [0.25, 0.3) is 0 Å². The van der Waals surface area contributed by atoms with E-state index in [1.54, 1.807) is 6.07 Å². The number of benzene rings is 1. The summed E-state index contributed by atoms with van der Waals surface area (Å²) in [6.07, 6.45) is 0.431. The maximum atomic E-state index is 11.8. The molecule has 0 radical (unpaired) electrons. The molecule has 0 atom stereocenters. The summed E-state index contributed by atoms with van der Waals surface area (Å²) >= 11 is 6.27. The summed E-state index contributed by atoms with van der Waals surface area (Å²) in [4.78, 5) is 13.9. The van der Waals surface area contributed by atoms with Crippen molar-refractivity contribution >= 4 is 23.1 Å². The molecule has 2 heterocycles. The van der Waals surface area contributed by atoms with Crippen LogP contribution < -0.4 is 9.64 Å². The van der Waals surface area contributed by atoms with Crippen LogP contribution in [0.5, 0.6) is 5.75 Å². The maximum Gasteiger partial charge on any atom is 0.170 e. The molecular formula is C13H14ClNO3. The van der Waals surface area contributed by atoms with Crippen molar-refractivity contribution in [2.45, 2.75) is 6.42 Å². The van der Waals surface area contributed by atoms with Crippen LogP contribution in [0.2, 0.25) is 5.02 Å². The van der Waals surface area contributed by atoms with Crippen molar-refractivity contribution < 1.29 is 14.3 Å². The van der Waals surface area contributed by atoms with Gasteiger partial charge in [0.05, 0.1) is 36.1 Å². The second kappa shape index (κ2) is 4.78. The number of rotatable bonds is 1. The monoisotopic (exact) mass is 267 g/mol. The highest BCUT2D eigenvalue weighted by atomic mass is 35.5. The zero-order valence-corrected chi connectivity index (χ0v) is 10.7. The normalized spacial score (nSPS) is 19.4. The lowest BCUT2D eigenvalue weighted by molar-refractivity contribution is 0.0933. The Hall–Kier alpha value is -1.26. The number of ketones is 1. The Bertz CT molecular complexity index is 483. The van der Waals surface area contributed by atoms with E-state index in [4.69, 9.17) is 21.1 Å². The molecule has 1 aromatic carbocycles. The smallest absolute Gasteiger partial charge is 0.170 e. The van der Waals surface area contributed by atoms with Crippen LogP contribution in [0.4, 0.5) is 5.69 Å². The molecule has 0 spiro atoms. The first-order valence-electron chi connectivity index (χ1n) is 6.08. The van der Waals surface area contributed by atoms with Crippen LogP contribution in [0.3, 0.4) is 0 Å². The minimum Gasteiger partial charge on any atom is -0.492 e. The van der Waals surface area contributed by atoms with Gasteiger partial charge in [0.2, 0.25) is 0 Å². The lowest BCUT2D eigenvalue weighted by atomic mass is 10.0. The zero-order chi connectivity index (χ0) is 12.5. The Kier molecular flexibility index (Phi) is 3.14. The van der Waals surface area contributed by atoms with Crippen LogP contribution in [-0.2, 0) is 4.74 Å². The van der Waals surface area contributed by atoms with Gasteiger partial charge in [0.15, 0.2) is 5.78 Å². The molecule has 0 saturated carbocycles. The van der Waals surface area contributed by atoms with Crippen molar-refractivity contribution in [3.63, 3.8) is 0 Å². The van der Waals surface area contributed by atoms with E-state index >= 15 is 0 Å². The topological polar surface area (TPSA) is 38.8 Å². The fourth-order valence-electron chi connectivity index (χ4n) is 2.31. The van der Waals surface area contributed by atoms with Gasteiger partial charge >= 0.3 is 0 Å². The third-order valence-corrected chi connectivity index (χ3v) is 3.59. The van der Waals surface area contributed by atoms with E-state index in [9.17, 15) is 4.79 Å². The SMILES string of the molecule is O=C1CCOc2cc(N3CCOCC3)c(Cl)cc21. The molecule has 3 rings (SSSR count). The quantitative estimate of drug-likeness (QED) is 0.782. The first-order chi connectivity index (χ1) is 8.75. The van der Waals surface area contributed by atoms with Crippen molar-refractivity contribution in [3.8, 4) is 5.75 Å². The summed E-state index contributed by atoms with van der Waals surface area (Å²) in [5, 5.41) is 0.606.